The zero-order valence-corrected chi connectivity index (χ0v) is 18.0. The van der Waals surface area contributed by atoms with Crippen LogP contribution in [0.5, 0.6) is 0 Å². The normalized spacial score (nSPS) is 17.5. The van der Waals surface area contributed by atoms with Crippen LogP contribution in [0.25, 0.3) is 0 Å². The van der Waals surface area contributed by atoms with E-state index in [2.05, 4.69) is 34.4 Å². The summed E-state index contributed by atoms with van der Waals surface area (Å²) in [6.45, 7) is 8.98. The van der Waals surface area contributed by atoms with Crippen molar-refractivity contribution in [2.24, 2.45) is 10.9 Å². The number of ether oxygens (including phenoxy) is 1. The van der Waals surface area contributed by atoms with E-state index in [1.165, 1.54) is 0 Å². The van der Waals surface area contributed by atoms with E-state index in [0.29, 0.717) is 29.4 Å². The predicted molar refractivity (Wildman–Crippen MR) is 113 cm³/mol. The second-order valence-electron chi connectivity index (χ2n) is 7.44. The fourth-order valence-electron chi connectivity index (χ4n) is 3.33. The third-order valence-electron chi connectivity index (χ3n) is 4.80. The van der Waals surface area contributed by atoms with Gasteiger partial charge in [0.2, 0.25) is 0 Å². The van der Waals surface area contributed by atoms with Crippen LogP contribution in [0.3, 0.4) is 0 Å². The van der Waals surface area contributed by atoms with Crippen molar-refractivity contribution in [3.05, 3.63) is 30.3 Å². The lowest BCUT2D eigenvalue weighted by atomic mass is 10.0. The molecule has 0 aliphatic carbocycles. The van der Waals surface area contributed by atoms with Crippen LogP contribution in [0.15, 0.2) is 40.2 Å². The molecule has 2 rings (SSSR count). The van der Waals surface area contributed by atoms with E-state index in [1.54, 1.807) is 31.3 Å². The molecule has 0 spiro atoms. The van der Waals surface area contributed by atoms with Gasteiger partial charge in [0.15, 0.2) is 15.8 Å². The Bertz CT molecular complexity index is 701. The summed E-state index contributed by atoms with van der Waals surface area (Å²) in [5, 5.41) is 6.48. The molecule has 28 heavy (non-hydrogen) atoms. The molecule has 0 aromatic heterocycles. The maximum absolute atomic E-state index is 12.4. The Kier molecular flexibility index (Phi) is 9.21. The summed E-state index contributed by atoms with van der Waals surface area (Å²) < 4.78 is 30.2. The van der Waals surface area contributed by atoms with Crippen molar-refractivity contribution in [1.29, 1.82) is 0 Å². The third-order valence-corrected chi connectivity index (χ3v) is 6.53. The van der Waals surface area contributed by atoms with Crippen LogP contribution in [0.2, 0.25) is 0 Å². The Balaban J connectivity index is 1.83. The van der Waals surface area contributed by atoms with Gasteiger partial charge < -0.3 is 15.4 Å². The Morgan fingerprint density at radius 3 is 2.46 bits per heavy atom. The topological polar surface area (TPSA) is 83.0 Å². The standard InChI is InChI=1S/C20H34N4O3S/c1-17(2)15-18(24-10-12-27-13-11-24)16-23-20(21-3)22-9-14-28(25,26)19-7-5-4-6-8-19/h4-8,17-18H,9-16H2,1-3H3,(H2,21,22,23). The average Bonchev–Trinajstić information content (AvgIpc) is 2.70. The lowest BCUT2D eigenvalue weighted by Gasteiger charge is -2.35. The fraction of sp³-hybridized carbons (Fsp3) is 0.650. The monoisotopic (exact) mass is 410 g/mol. The van der Waals surface area contributed by atoms with Crippen LogP contribution in [-0.4, -0.2) is 77.5 Å². The van der Waals surface area contributed by atoms with Crippen molar-refractivity contribution >= 4 is 15.8 Å². The van der Waals surface area contributed by atoms with Gasteiger partial charge in [-0.3, -0.25) is 9.89 Å². The lowest BCUT2D eigenvalue weighted by molar-refractivity contribution is 0.0132. The molecule has 1 fully saturated rings. The second-order valence-corrected chi connectivity index (χ2v) is 9.55. The van der Waals surface area contributed by atoms with Gasteiger partial charge in [-0.05, 0) is 24.5 Å². The van der Waals surface area contributed by atoms with Crippen molar-refractivity contribution < 1.29 is 13.2 Å². The van der Waals surface area contributed by atoms with Crippen molar-refractivity contribution in [3.8, 4) is 0 Å². The SMILES string of the molecule is CN=C(NCCS(=O)(=O)c1ccccc1)NCC(CC(C)C)N1CCOCC1. The van der Waals surface area contributed by atoms with Crippen molar-refractivity contribution in [2.45, 2.75) is 31.2 Å². The van der Waals surface area contributed by atoms with Gasteiger partial charge >= 0.3 is 0 Å². The highest BCUT2D eigenvalue weighted by Gasteiger charge is 2.22. The maximum atomic E-state index is 12.4. The number of sulfone groups is 1. The van der Waals surface area contributed by atoms with Gasteiger partial charge in [0, 0.05) is 39.3 Å². The van der Waals surface area contributed by atoms with E-state index in [-0.39, 0.29) is 5.75 Å². The number of nitrogens with one attached hydrogen (secondary N) is 2. The molecule has 2 N–H and O–H groups in total. The van der Waals surface area contributed by atoms with Crippen LogP contribution in [-0.2, 0) is 14.6 Å². The molecule has 0 bridgehead atoms. The summed E-state index contributed by atoms with van der Waals surface area (Å²) in [7, 11) is -1.59. The van der Waals surface area contributed by atoms with Crippen molar-refractivity contribution in [2.75, 3.05) is 52.2 Å². The molecule has 1 atom stereocenters. The molecule has 1 saturated heterocycles. The highest BCUT2D eigenvalue weighted by atomic mass is 32.2. The molecule has 1 aliphatic rings. The van der Waals surface area contributed by atoms with E-state index in [4.69, 9.17) is 4.74 Å². The summed E-state index contributed by atoms with van der Waals surface area (Å²) in [5.74, 6) is 1.25. The zero-order chi connectivity index (χ0) is 20.4. The summed E-state index contributed by atoms with van der Waals surface area (Å²) in [5.41, 5.74) is 0. The minimum atomic E-state index is -3.30. The van der Waals surface area contributed by atoms with E-state index >= 15 is 0 Å². The summed E-state index contributed by atoms with van der Waals surface area (Å²) in [4.78, 5) is 7.05. The summed E-state index contributed by atoms with van der Waals surface area (Å²) >= 11 is 0. The Labute approximate surface area is 169 Å². The molecule has 1 aliphatic heterocycles. The second kappa shape index (κ2) is 11.4. The minimum absolute atomic E-state index is 0.0244. The Morgan fingerprint density at radius 1 is 1.18 bits per heavy atom. The van der Waals surface area contributed by atoms with E-state index in [1.807, 2.05) is 6.07 Å². The van der Waals surface area contributed by atoms with Gasteiger partial charge in [-0.2, -0.15) is 0 Å². The molecule has 1 unspecified atom stereocenters. The molecule has 1 aromatic carbocycles. The summed E-state index contributed by atoms with van der Waals surface area (Å²) in [6.07, 6.45) is 1.09. The Morgan fingerprint density at radius 2 is 1.86 bits per heavy atom. The van der Waals surface area contributed by atoms with Crippen LogP contribution in [0, 0.1) is 5.92 Å². The molecule has 0 amide bonds. The van der Waals surface area contributed by atoms with Crippen LogP contribution >= 0.6 is 0 Å². The first-order chi connectivity index (χ1) is 13.4. The van der Waals surface area contributed by atoms with Crippen molar-refractivity contribution in [1.82, 2.24) is 15.5 Å². The highest BCUT2D eigenvalue weighted by Crippen LogP contribution is 2.13. The van der Waals surface area contributed by atoms with Gasteiger partial charge in [-0.25, -0.2) is 8.42 Å². The number of hydrogen-bond donors (Lipinski definition) is 2. The predicted octanol–water partition coefficient (Wildman–Crippen LogP) is 1.37. The van der Waals surface area contributed by atoms with E-state index in [0.717, 1.165) is 39.3 Å². The molecule has 0 radical (unpaired) electrons. The van der Waals surface area contributed by atoms with Gasteiger partial charge in [-0.15, -0.1) is 0 Å². The van der Waals surface area contributed by atoms with Gasteiger partial charge in [-0.1, -0.05) is 32.0 Å². The first-order valence-electron chi connectivity index (χ1n) is 9.96. The number of hydrogen-bond acceptors (Lipinski definition) is 5. The molecule has 8 heteroatoms. The van der Waals surface area contributed by atoms with Crippen molar-refractivity contribution in [3.63, 3.8) is 0 Å². The van der Waals surface area contributed by atoms with Crippen LogP contribution in [0.4, 0.5) is 0 Å². The lowest BCUT2D eigenvalue weighted by Crippen LogP contribution is -2.51. The molecule has 1 aromatic rings. The average molecular weight is 411 g/mol. The highest BCUT2D eigenvalue weighted by molar-refractivity contribution is 7.91. The fourth-order valence-corrected chi connectivity index (χ4v) is 4.51. The molecule has 0 saturated carbocycles. The van der Waals surface area contributed by atoms with Gasteiger partial charge in [0.25, 0.3) is 0 Å². The minimum Gasteiger partial charge on any atom is -0.379 e. The van der Waals surface area contributed by atoms with E-state index < -0.39 is 9.84 Å². The quantitative estimate of drug-likeness (QED) is 0.473. The largest absolute Gasteiger partial charge is 0.379 e. The zero-order valence-electron chi connectivity index (χ0n) is 17.2. The molecular formula is C20H34N4O3S. The number of benzene rings is 1. The molecule has 158 valence electrons. The maximum Gasteiger partial charge on any atom is 0.191 e. The molecule has 1 heterocycles. The number of rotatable bonds is 9. The summed E-state index contributed by atoms with van der Waals surface area (Å²) in [6, 6.07) is 8.94. The Hall–Kier alpha value is -1.64. The van der Waals surface area contributed by atoms with Crippen LogP contribution < -0.4 is 10.6 Å². The molecule has 7 nitrogen and oxygen atoms in total. The third kappa shape index (κ3) is 7.41. The van der Waals surface area contributed by atoms with E-state index in [9.17, 15) is 8.42 Å². The number of nitrogens with zero attached hydrogens (tertiary/aromatic N) is 2. The molecular weight excluding hydrogens is 376 g/mol. The number of morpholine rings is 1. The smallest absolute Gasteiger partial charge is 0.191 e. The van der Waals surface area contributed by atoms with Gasteiger partial charge in [0.05, 0.1) is 23.9 Å². The van der Waals surface area contributed by atoms with Gasteiger partial charge in [0.1, 0.15) is 0 Å². The number of aliphatic imine (C=N–C) groups is 1. The van der Waals surface area contributed by atoms with Crippen LogP contribution in [0.1, 0.15) is 20.3 Å². The number of guanidine groups is 1. The first-order valence-corrected chi connectivity index (χ1v) is 11.6. The first kappa shape index (κ1) is 22.6.